The topological polar surface area (TPSA) is 15.6 Å². The van der Waals surface area contributed by atoms with Crippen LogP contribution in [0.5, 0.6) is 0 Å². The SMILES string of the molecule is Cc1cc(N2CCCC2)c(F)cc1C=Nc1ccc2ccccc2c1. The summed E-state index contributed by atoms with van der Waals surface area (Å²) < 4.78 is 14.5. The van der Waals surface area contributed by atoms with Crippen molar-refractivity contribution in [3.05, 3.63) is 71.5 Å². The maximum atomic E-state index is 14.5. The second-order valence-corrected chi connectivity index (χ2v) is 6.64. The van der Waals surface area contributed by atoms with Crippen molar-refractivity contribution in [2.75, 3.05) is 18.0 Å². The summed E-state index contributed by atoms with van der Waals surface area (Å²) in [5.74, 6) is -0.160. The zero-order chi connectivity index (χ0) is 17.2. The molecule has 126 valence electrons. The number of hydrogen-bond acceptors (Lipinski definition) is 2. The smallest absolute Gasteiger partial charge is 0.147 e. The van der Waals surface area contributed by atoms with Crippen LogP contribution < -0.4 is 4.90 Å². The van der Waals surface area contributed by atoms with Gasteiger partial charge in [0, 0.05) is 19.3 Å². The molecule has 0 unspecified atom stereocenters. The fourth-order valence-electron chi connectivity index (χ4n) is 3.42. The van der Waals surface area contributed by atoms with Gasteiger partial charge in [-0.05, 0) is 65.9 Å². The summed E-state index contributed by atoms with van der Waals surface area (Å²) in [7, 11) is 0. The molecule has 4 rings (SSSR count). The third-order valence-corrected chi connectivity index (χ3v) is 4.87. The molecule has 0 bridgehead atoms. The molecule has 2 nitrogen and oxygen atoms in total. The highest BCUT2D eigenvalue weighted by Gasteiger charge is 2.17. The quantitative estimate of drug-likeness (QED) is 0.567. The Bertz CT molecular complexity index is 940. The number of rotatable bonds is 3. The minimum absolute atomic E-state index is 0.160. The fraction of sp³-hybridized carbons (Fsp3) is 0.227. The van der Waals surface area contributed by atoms with Gasteiger partial charge in [0.15, 0.2) is 0 Å². The van der Waals surface area contributed by atoms with Gasteiger partial charge in [0.1, 0.15) is 5.82 Å². The van der Waals surface area contributed by atoms with Crippen LogP contribution in [0.2, 0.25) is 0 Å². The van der Waals surface area contributed by atoms with Crippen LogP contribution in [-0.4, -0.2) is 19.3 Å². The van der Waals surface area contributed by atoms with Gasteiger partial charge in [-0.25, -0.2) is 4.39 Å². The lowest BCUT2D eigenvalue weighted by molar-refractivity contribution is 0.622. The first kappa shape index (κ1) is 15.8. The Kier molecular flexibility index (Phi) is 4.22. The van der Waals surface area contributed by atoms with Gasteiger partial charge in [-0.3, -0.25) is 4.99 Å². The van der Waals surface area contributed by atoms with E-state index in [1.54, 1.807) is 12.3 Å². The Morgan fingerprint density at radius 2 is 1.72 bits per heavy atom. The van der Waals surface area contributed by atoms with Gasteiger partial charge < -0.3 is 4.90 Å². The summed E-state index contributed by atoms with van der Waals surface area (Å²) >= 11 is 0. The first-order valence-electron chi connectivity index (χ1n) is 8.79. The number of anilines is 1. The third kappa shape index (κ3) is 3.27. The summed E-state index contributed by atoms with van der Waals surface area (Å²) in [6.45, 7) is 3.91. The second kappa shape index (κ2) is 6.67. The fourth-order valence-corrected chi connectivity index (χ4v) is 3.42. The molecular weight excluding hydrogens is 311 g/mol. The lowest BCUT2D eigenvalue weighted by Crippen LogP contribution is -2.19. The molecule has 0 aromatic heterocycles. The molecule has 0 spiro atoms. The van der Waals surface area contributed by atoms with Crippen LogP contribution in [0.4, 0.5) is 15.8 Å². The molecule has 25 heavy (non-hydrogen) atoms. The highest BCUT2D eigenvalue weighted by atomic mass is 19.1. The molecule has 1 fully saturated rings. The molecule has 3 aromatic carbocycles. The maximum Gasteiger partial charge on any atom is 0.147 e. The molecule has 1 heterocycles. The van der Waals surface area contributed by atoms with E-state index in [0.29, 0.717) is 0 Å². The summed E-state index contributed by atoms with van der Waals surface area (Å²) in [6.07, 6.45) is 4.05. The Morgan fingerprint density at radius 3 is 2.52 bits per heavy atom. The summed E-state index contributed by atoms with van der Waals surface area (Å²) in [4.78, 5) is 6.68. The monoisotopic (exact) mass is 332 g/mol. The summed E-state index contributed by atoms with van der Waals surface area (Å²) in [5.41, 5.74) is 3.47. The summed E-state index contributed by atoms with van der Waals surface area (Å²) in [5, 5.41) is 2.35. The average molecular weight is 332 g/mol. The molecule has 3 heteroatoms. The van der Waals surface area contributed by atoms with Crippen LogP contribution in [0.15, 0.2) is 59.6 Å². The van der Waals surface area contributed by atoms with Gasteiger partial charge in [0.2, 0.25) is 0 Å². The van der Waals surface area contributed by atoms with Gasteiger partial charge in [-0.1, -0.05) is 30.3 Å². The maximum absolute atomic E-state index is 14.5. The standard InChI is InChI=1S/C22H21FN2/c1-16-12-22(25-10-4-5-11-25)21(23)14-19(16)15-24-20-9-8-17-6-2-3-7-18(17)13-20/h2-3,6-9,12-15H,4-5,10-11H2,1H3. The van der Waals surface area contributed by atoms with Gasteiger partial charge in [-0.15, -0.1) is 0 Å². The number of halogens is 1. The Balaban J connectivity index is 1.62. The van der Waals surface area contributed by atoms with E-state index in [4.69, 9.17) is 0 Å². The van der Waals surface area contributed by atoms with E-state index < -0.39 is 0 Å². The highest BCUT2D eigenvalue weighted by molar-refractivity contribution is 5.88. The Hall–Kier alpha value is -2.68. The Morgan fingerprint density at radius 1 is 0.960 bits per heavy atom. The normalized spacial score (nSPS) is 14.7. The largest absolute Gasteiger partial charge is 0.369 e. The molecule has 1 aliphatic rings. The summed E-state index contributed by atoms with van der Waals surface area (Å²) in [6, 6.07) is 17.9. The molecule has 0 amide bonds. The van der Waals surface area contributed by atoms with Gasteiger partial charge in [0.05, 0.1) is 11.4 Å². The van der Waals surface area contributed by atoms with E-state index in [9.17, 15) is 4.39 Å². The number of fused-ring (bicyclic) bond motifs is 1. The van der Waals surface area contributed by atoms with Crippen molar-refractivity contribution in [2.45, 2.75) is 19.8 Å². The Labute approximate surface area is 147 Å². The molecule has 0 N–H and O–H groups in total. The molecule has 1 saturated heterocycles. The molecular formula is C22H21FN2. The predicted octanol–water partition coefficient (Wildman–Crippen LogP) is 5.64. The van der Waals surface area contributed by atoms with Crippen LogP contribution >= 0.6 is 0 Å². The number of hydrogen-bond donors (Lipinski definition) is 0. The van der Waals surface area contributed by atoms with Gasteiger partial charge in [0.25, 0.3) is 0 Å². The molecule has 0 aliphatic carbocycles. The predicted molar refractivity (Wildman–Crippen MR) is 104 cm³/mol. The van der Waals surface area contributed by atoms with Crippen LogP contribution in [0, 0.1) is 12.7 Å². The third-order valence-electron chi connectivity index (χ3n) is 4.87. The van der Waals surface area contributed by atoms with Crippen LogP contribution in [0.25, 0.3) is 10.8 Å². The van der Waals surface area contributed by atoms with E-state index in [2.05, 4.69) is 34.2 Å². The van der Waals surface area contributed by atoms with Crippen LogP contribution in [0.1, 0.15) is 24.0 Å². The minimum Gasteiger partial charge on any atom is -0.369 e. The zero-order valence-electron chi connectivity index (χ0n) is 14.4. The van der Waals surface area contributed by atoms with Crippen molar-refractivity contribution >= 4 is 28.4 Å². The molecule has 0 radical (unpaired) electrons. The lowest BCUT2D eigenvalue weighted by Gasteiger charge is -2.19. The lowest BCUT2D eigenvalue weighted by atomic mass is 10.1. The number of nitrogens with zero attached hydrogens (tertiary/aromatic N) is 2. The van der Waals surface area contributed by atoms with E-state index in [0.717, 1.165) is 53.8 Å². The molecule has 3 aromatic rings. The van der Waals surface area contributed by atoms with Gasteiger partial charge in [-0.2, -0.15) is 0 Å². The number of benzene rings is 3. The first-order chi connectivity index (χ1) is 12.2. The van der Waals surface area contributed by atoms with Crippen molar-refractivity contribution in [2.24, 2.45) is 4.99 Å². The van der Waals surface area contributed by atoms with E-state index in [1.165, 1.54) is 5.39 Å². The van der Waals surface area contributed by atoms with Crippen molar-refractivity contribution in [1.29, 1.82) is 0 Å². The van der Waals surface area contributed by atoms with Crippen LogP contribution in [-0.2, 0) is 0 Å². The van der Waals surface area contributed by atoms with Crippen molar-refractivity contribution in [1.82, 2.24) is 0 Å². The van der Waals surface area contributed by atoms with Crippen molar-refractivity contribution in [3.63, 3.8) is 0 Å². The van der Waals surface area contributed by atoms with Crippen molar-refractivity contribution in [3.8, 4) is 0 Å². The molecule has 0 saturated carbocycles. The second-order valence-electron chi connectivity index (χ2n) is 6.64. The minimum atomic E-state index is -0.160. The average Bonchev–Trinajstić information content (AvgIpc) is 3.16. The van der Waals surface area contributed by atoms with E-state index in [1.807, 2.05) is 31.2 Å². The van der Waals surface area contributed by atoms with Crippen molar-refractivity contribution < 1.29 is 4.39 Å². The molecule has 0 atom stereocenters. The number of aryl methyl sites for hydroxylation is 1. The highest BCUT2D eigenvalue weighted by Crippen LogP contribution is 2.27. The van der Waals surface area contributed by atoms with Gasteiger partial charge >= 0.3 is 0 Å². The van der Waals surface area contributed by atoms with E-state index >= 15 is 0 Å². The first-order valence-corrected chi connectivity index (χ1v) is 8.79. The zero-order valence-corrected chi connectivity index (χ0v) is 14.4. The van der Waals surface area contributed by atoms with Crippen LogP contribution in [0.3, 0.4) is 0 Å². The van der Waals surface area contributed by atoms with E-state index in [-0.39, 0.29) is 5.82 Å². The molecule has 1 aliphatic heterocycles. The number of aliphatic imine (C=N–C) groups is 1.